The Balaban J connectivity index is 2.36. The Labute approximate surface area is 125 Å². The summed E-state index contributed by atoms with van der Waals surface area (Å²) in [6.45, 7) is -1.28. The largest absolute Gasteiger partial charge is 0.419 e. The van der Waals surface area contributed by atoms with E-state index in [-0.39, 0.29) is 5.69 Å². The van der Waals surface area contributed by atoms with Crippen LogP contribution in [-0.2, 0) is 6.18 Å². The molecule has 0 unspecified atom stereocenters. The molecule has 0 aromatic carbocycles. The second kappa shape index (κ2) is 5.66. The van der Waals surface area contributed by atoms with Crippen LogP contribution in [0.25, 0.3) is 0 Å². The maximum atomic E-state index is 12.8. The maximum absolute atomic E-state index is 12.8. The van der Waals surface area contributed by atoms with Crippen molar-refractivity contribution in [2.75, 3.05) is 11.4 Å². The lowest BCUT2D eigenvalue weighted by atomic mass is 9.91. The molecule has 0 radical (unpaired) electrons. The molecule has 9 heteroatoms. The topological polar surface area (TPSA) is 16.1 Å². The van der Waals surface area contributed by atoms with Gasteiger partial charge < -0.3 is 4.90 Å². The van der Waals surface area contributed by atoms with Crippen LogP contribution in [0, 0.1) is 0 Å². The van der Waals surface area contributed by atoms with Gasteiger partial charge in [0.2, 0.25) is 0 Å². The van der Waals surface area contributed by atoms with Crippen molar-refractivity contribution in [2.24, 2.45) is 0 Å². The van der Waals surface area contributed by atoms with Crippen LogP contribution in [0.15, 0.2) is 16.9 Å². The fourth-order valence-electron chi connectivity index (χ4n) is 2.12. The number of hydrogen-bond donors (Lipinski definition) is 0. The van der Waals surface area contributed by atoms with Gasteiger partial charge >= 0.3 is 12.4 Å². The molecule has 0 aliphatic heterocycles. The molecule has 0 bridgehead atoms. The lowest BCUT2D eigenvalue weighted by molar-refractivity contribution is -0.138. The van der Waals surface area contributed by atoms with E-state index < -0.39 is 35.1 Å². The summed E-state index contributed by atoms with van der Waals surface area (Å²) in [5.74, 6) is 0. The molecule has 1 aromatic heterocycles. The first-order chi connectivity index (χ1) is 9.58. The van der Waals surface area contributed by atoms with Gasteiger partial charge in [-0.15, -0.1) is 0 Å². The van der Waals surface area contributed by atoms with Gasteiger partial charge in [-0.1, -0.05) is 0 Å². The van der Waals surface area contributed by atoms with Crippen LogP contribution in [0.5, 0.6) is 0 Å². The molecule has 21 heavy (non-hydrogen) atoms. The third-order valence-electron chi connectivity index (χ3n) is 3.33. The summed E-state index contributed by atoms with van der Waals surface area (Å²) in [5, 5.41) is 0. The molecule has 0 amide bonds. The molecule has 2 rings (SSSR count). The highest BCUT2D eigenvalue weighted by Crippen LogP contribution is 2.38. The third kappa shape index (κ3) is 4.02. The minimum Gasteiger partial charge on any atom is -0.358 e. The van der Waals surface area contributed by atoms with Gasteiger partial charge in [-0.25, -0.2) is 4.98 Å². The van der Waals surface area contributed by atoms with Crippen molar-refractivity contribution in [3.05, 3.63) is 22.4 Å². The van der Waals surface area contributed by atoms with Crippen molar-refractivity contribution in [2.45, 2.75) is 37.7 Å². The number of anilines is 1. The standard InChI is InChI=1S/C12H11BrF6N2/c13-10-9(12(17,18)19)4-8(5-20-10)21(6-11(14,15)16)7-2-1-3-7/h4-5,7H,1-3,6H2. The molecule has 1 saturated carbocycles. The fourth-order valence-corrected chi connectivity index (χ4v) is 2.56. The van der Waals surface area contributed by atoms with E-state index in [1.807, 2.05) is 0 Å². The van der Waals surface area contributed by atoms with Gasteiger partial charge in [0.1, 0.15) is 11.1 Å². The van der Waals surface area contributed by atoms with Crippen LogP contribution >= 0.6 is 15.9 Å². The number of rotatable bonds is 3. The number of pyridine rings is 1. The Morgan fingerprint density at radius 3 is 2.24 bits per heavy atom. The van der Waals surface area contributed by atoms with Crippen LogP contribution in [0.4, 0.5) is 32.0 Å². The first-order valence-corrected chi connectivity index (χ1v) is 6.93. The van der Waals surface area contributed by atoms with Crippen molar-refractivity contribution in [1.29, 1.82) is 0 Å². The average molecular weight is 377 g/mol. The molecule has 1 aliphatic carbocycles. The van der Waals surface area contributed by atoms with E-state index in [0.29, 0.717) is 18.9 Å². The second-order valence-electron chi connectivity index (χ2n) is 4.86. The molecule has 1 aliphatic rings. The number of nitrogens with zero attached hydrogens (tertiary/aromatic N) is 2. The van der Waals surface area contributed by atoms with Gasteiger partial charge in [0.25, 0.3) is 0 Å². The Hall–Kier alpha value is -0.990. The normalized spacial score (nSPS) is 16.7. The predicted molar refractivity (Wildman–Crippen MR) is 68.0 cm³/mol. The highest BCUT2D eigenvalue weighted by atomic mass is 79.9. The zero-order valence-electron chi connectivity index (χ0n) is 10.6. The minimum atomic E-state index is -4.68. The zero-order chi connectivity index (χ0) is 15.8. The smallest absolute Gasteiger partial charge is 0.358 e. The predicted octanol–water partition coefficient (Wildman–Crippen LogP) is 4.78. The summed E-state index contributed by atoms with van der Waals surface area (Å²) >= 11 is 2.67. The molecular formula is C12H11BrF6N2. The molecule has 1 fully saturated rings. The SMILES string of the molecule is FC(F)(F)CN(c1cnc(Br)c(C(F)(F)F)c1)C1CCC1. The monoisotopic (exact) mass is 376 g/mol. The van der Waals surface area contributed by atoms with Crippen molar-refractivity contribution in [3.8, 4) is 0 Å². The molecular weight excluding hydrogens is 366 g/mol. The summed E-state index contributed by atoms with van der Waals surface area (Å²) in [6, 6.07) is 0.317. The molecule has 0 atom stereocenters. The lowest BCUT2D eigenvalue weighted by Crippen LogP contribution is -2.45. The van der Waals surface area contributed by atoms with E-state index in [4.69, 9.17) is 0 Å². The summed E-state index contributed by atoms with van der Waals surface area (Å²) in [5.41, 5.74) is -1.24. The third-order valence-corrected chi connectivity index (χ3v) is 3.96. The van der Waals surface area contributed by atoms with Crippen molar-refractivity contribution < 1.29 is 26.3 Å². The molecule has 0 spiro atoms. The van der Waals surface area contributed by atoms with E-state index in [2.05, 4.69) is 20.9 Å². The van der Waals surface area contributed by atoms with Gasteiger partial charge in [0, 0.05) is 6.04 Å². The van der Waals surface area contributed by atoms with Gasteiger partial charge in [0.15, 0.2) is 0 Å². The Kier molecular flexibility index (Phi) is 4.41. The number of aromatic nitrogens is 1. The zero-order valence-corrected chi connectivity index (χ0v) is 12.2. The molecule has 0 saturated heterocycles. The molecule has 1 heterocycles. The summed E-state index contributed by atoms with van der Waals surface area (Å²) in [7, 11) is 0. The lowest BCUT2D eigenvalue weighted by Gasteiger charge is -2.39. The first-order valence-electron chi connectivity index (χ1n) is 6.14. The van der Waals surface area contributed by atoms with E-state index in [9.17, 15) is 26.3 Å². The van der Waals surface area contributed by atoms with Crippen LogP contribution in [0.3, 0.4) is 0 Å². The van der Waals surface area contributed by atoms with Crippen LogP contribution in [-0.4, -0.2) is 23.7 Å². The summed E-state index contributed by atoms with van der Waals surface area (Å²) in [6.07, 6.45) is -6.29. The van der Waals surface area contributed by atoms with Gasteiger partial charge in [-0.05, 0) is 41.3 Å². The van der Waals surface area contributed by atoms with Crippen molar-refractivity contribution >= 4 is 21.6 Å². The quantitative estimate of drug-likeness (QED) is 0.557. The number of halogens is 7. The highest BCUT2D eigenvalue weighted by Gasteiger charge is 2.38. The second-order valence-corrected chi connectivity index (χ2v) is 5.61. The molecule has 118 valence electrons. The summed E-state index contributed by atoms with van der Waals surface area (Å²) < 4.78 is 75.9. The minimum absolute atomic E-state index is 0.160. The van der Waals surface area contributed by atoms with E-state index >= 15 is 0 Å². The molecule has 0 N–H and O–H groups in total. The van der Waals surface area contributed by atoms with Gasteiger partial charge in [-0.2, -0.15) is 26.3 Å². The number of alkyl halides is 6. The Bertz CT molecular complexity index is 509. The first kappa shape index (κ1) is 16.4. The van der Waals surface area contributed by atoms with Crippen LogP contribution in [0.2, 0.25) is 0 Å². The Morgan fingerprint density at radius 2 is 1.81 bits per heavy atom. The van der Waals surface area contributed by atoms with E-state index in [0.717, 1.165) is 17.5 Å². The average Bonchev–Trinajstić information content (AvgIpc) is 2.22. The van der Waals surface area contributed by atoms with Gasteiger partial charge in [0.05, 0.1) is 17.4 Å². The van der Waals surface area contributed by atoms with Crippen molar-refractivity contribution in [3.63, 3.8) is 0 Å². The van der Waals surface area contributed by atoms with Gasteiger partial charge in [-0.3, -0.25) is 0 Å². The van der Waals surface area contributed by atoms with Crippen molar-refractivity contribution in [1.82, 2.24) is 4.98 Å². The number of hydrogen-bond acceptors (Lipinski definition) is 2. The molecule has 2 nitrogen and oxygen atoms in total. The molecule has 1 aromatic rings. The summed E-state index contributed by atoms with van der Waals surface area (Å²) in [4.78, 5) is 4.48. The fraction of sp³-hybridized carbons (Fsp3) is 0.583. The van der Waals surface area contributed by atoms with E-state index in [1.54, 1.807) is 0 Å². The van der Waals surface area contributed by atoms with Crippen LogP contribution < -0.4 is 4.90 Å². The van der Waals surface area contributed by atoms with Crippen LogP contribution in [0.1, 0.15) is 24.8 Å². The highest BCUT2D eigenvalue weighted by molar-refractivity contribution is 9.10. The Morgan fingerprint density at radius 1 is 1.19 bits per heavy atom. The van der Waals surface area contributed by atoms with E-state index in [1.165, 1.54) is 0 Å². The maximum Gasteiger partial charge on any atom is 0.419 e.